The molecule has 0 spiro atoms. The number of allylic oxidation sites excluding steroid dienone is 1. The quantitative estimate of drug-likeness (QED) is 0.288. The first-order valence-electron chi connectivity index (χ1n) is 10.3. The first-order chi connectivity index (χ1) is 14.5. The van der Waals surface area contributed by atoms with Gasteiger partial charge in [0.15, 0.2) is 0 Å². The smallest absolute Gasteiger partial charge is 0.244 e. The van der Waals surface area contributed by atoms with Gasteiger partial charge in [-0.2, -0.15) is 0 Å². The van der Waals surface area contributed by atoms with Gasteiger partial charge < -0.3 is 14.5 Å². The molecule has 0 atom stereocenters. The fraction of sp³-hybridized carbons (Fsp3) is 0.320. The standard InChI is InChI=1S/C25H28BrNO3/c1-5-6-7-11-27-23(28)12-16(2)20-14-21-22(18-9-8-10-19(26)13-18)15-30-25(21)17(3)24(20)29-4/h8-10,12-15H,5-7,11H2,1-4H3,(H,27,28)/b16-12+. The molecule has 30 heavy (non-hydrogen) atoms. The predicted octanol–water partition coefficient (Wildman–Crippen LogP) is 6.89. The molecule has 5 heteroatoms. The van der Waals surface area contributed by atoms with E-state index in [0.29, 0.717) is 6.54 Å². The van der Waals surface area contributed by atoms with Crippen molar-refractivity contribution < 1.29 is 13.9 Å². The number of hydrogen-bond donors (Lipinski definition) is 1. The van der Waals surface area contributed by atoms with Gasteiger partial charge >= 0.3 is 0 Å². The van der Waals surface area contributed by atoms with Gasteiger partial charge in [0.05, 0.1) is 13.4 Å². The lowest BCUT2D eigenvalue weighted by Gasteiger charge is -2.13. The predicted molar refractivity (Wildman–Crippen MR) is 127 cm³/mol. The van der Waals surface area contributed by atoms with E-state index in [0.717, 1.165) is 68.3 Å². The van der Waals surface area contributed by atoms with Crippen LogP contribution in [-0.4, -0.2) is 19.6 Å². The summed E-state index contributed by atoms with van der Waals surface area (Å²) >= 11 is 3.54. The lowest BCUT2D eigenvalue weighted by Crippen LogP contribution is -2.22. The van der Waals surface area contributed by atoms with Crippen molar-refractivity contribution in [1.29, 1.82) is 0 Å². The number of nitrogens with one attached hydrogen (secondary N) is 1. The average Bonchev–Trinajstić information content (AvgIpc) is 3.15. The largest absolute Gasteiger partial charge is 0.496 e. The maximum absolute atomic E-state index is 12.4. The normalized spacial score (nSPS) is 11.7. The number of methoxy groups -OCH3 is 1. The fourth-order valence-corrected chi connectivity index (χ4v) is 4.06. The number of aryl methyl sites for hydroxylation is 1. The van der Waals surface area contributed by atoms with Crippen LogP contribution in [0, 0.1) is 6.92 Å². The topological polar surface area (TPSA) is 51.5 Å². The molecule has 158 valence electrons. The third-order valence-corrected chi connectivity index (χ3v) is 5.73. The second kappa shape index (κ2) is 9.98. The van der Waals surface area contributed by atoms with Crippen molar-refractivity contribution in [3.05, 3.63) is 58.3 Å². The zero-order valence-electron chi connectivity index (χ0n) is 18.0. The summed E-state index contributed by atoms with van der Waals surface area (Å²) in [5.41, 5.74) is 5.53. The number of rotatable bonds is 8. The van der Waals surface area contributed by atoms with Crippen molar-refractivity contribution in [1.82, 2.24) is 5.32 Å². The summed E-state index contributed by atoms with van der Waals surface area (Å²) in [4.78, 5) is 12.4. The van der Waals surface area contributed by atoms with Gasteiger partial charge in [-0.05, 0) is 49.6 Å². The number of halogens is 1. The SMILES string of the molecule is CCCCCNC(=O)/C=C(\C)c1cc2c(-c3cccc(Br)c3)coc2c(C)c1OC. The van der Waals surface area contributed by atoms with Crippen LogP contribution in [0.4, 0.5) is 0 Å². The van der Waals surface area contributed by atoms with Crippen LogP contribution in [0.25, 0.3) is 27.7 Å². The Hall–Kier alpha value is -2.53. The van der Waals surface area contributed by atoms with E-state index in [1.54, 1.807) is 19.4 Å². The number of fused-ring (bicyclic) bond motifs is 1. The molecule has 3 aromatic rings. The van der Waals surface area contributed by atoms with Gasteiger partial charge in [-0.3, -0.25) is 4.79 Å². The number of hydrogen-bond acceptors (Lipinski definition) is 3. The zero-order chi connectivity index (χ0) is 21.7. The van der Waals surface area contributed by atoms with Crippen LogP contribution in [0.5, 0.6) is 5.75 Å². The van der Waals surface area contributed by atoms with Crippen molar-refractivity contribution in [2.24, 2.45) is 0 Å². The maximum atomic E-state index is 12.4. The highest BCUT2D eigenvalue weighted by atomic mass is 79.9. The second-order valence-electron chi connectivity index (χ2n) is 7.44. The van der Waals surface area contributed by atoms with Gasteiger partial charge in [-0.25, -0.2) is 0 Å². The van der Waals surface area contributed by atoms with Gasteiger partial charge in [0, 0.05) is 39.2 Å². The lowest BCUT2D eigenvalue weighted by molar-refractivity contribution is -0.116. The van der Waals surface area contributed by atoms with Crippen molar-refractivity contribution >= 4 is 38.4 Å². The van der Waals surface area contributed by atoms with Crippen LogP contribution in [0.15, 0.2) is 51.6 Å². The third-order valence-electron chi connectivity index (χ3n) is 5.24. The van der Waals surface area contributed by atoms with Crippen molar-refractivity contribution in [3.63, 3.8) is 0 Å². The minimum absolute atomic E-state index is 0.0807. The van der Waals surface area contributed by atoms with Crippen molar-refractivity contribution in [2.45, 2.75) is 40.0 Å². The summed E-state index contributed by atoms with van der Waals surface area (Å²) in [6, 6.07) is 10.2. The molecule has 0 radical (unpaired) electrons. The Bertz CT molecular complexity index is 1080. The number of ether oxygens (including phenoxy) is 1. The van der Waals surface area contributed by atoms with Crippen LogP contribution >= 0.6 is 15.9 Å². The summed E-state index contributed by atoms with van der Waals surface area (Å²) in [5, 5.41) is 3.96. The number of furan rings is 1. The van der Waals surface area contributed by atoms with Crippen LogP contribution < -0.4 is 10.1 Å². The Morgan fingerprint density at radius 1 is 1.27 bits per heavy atom. The van der Waals surface area contributed by atoms with E-state index in [2.05, 4.69) is 46.4 Å². The number of amides is 1. The van der Waals surface area contributed by atoms with E-state index in [9.17, 15) is 4.79 Å². The van der Waals surface area contributed by atoms with Gasteiger partial charge in [-0.1, -0.05) is 47.8 Å². The highest BCUT2D eigenvalue weighted by Crippen LogP contribution is 2.40. The maximum Gasteiger partial charge on any atom is 0.244 e. The van der Waals surface area contributed by atoms with E-state index in [1.165, 1.54) is 0 Å². The van der Waals surface area contributed by atoms with Crippen LogP contribution in [-0.2, 0) is 4.79 Å². The molecule has 0 fully saturated rings. The van der Waals surface area contributed by atoms with Crippen LogP contribution in [0.2, 0.25) is 0 Å². The van der Waals surface area contributed by atoms with Crippen LogP contribution in [0.1, 0.15) is 44.2 Å². The van der Waals surface area contributed by atoms with Crippen molar-refractivity contribution in [2.75, 3.05) is 13.7 Å². The molecule has 1 aromatic heterocycles. The molecule has 0 aliphatic heterocycles. The van der Waals surface area contributed by atoms with Gasteiger partial charge in [-0.15, -0.1) is 0 Å². The summed E-state index contributed by atoms with van der Waals surface area (Å²) in [6.07, 6.45) is 6.67. The van der Waals surface area contributed by atoms with E-state index < -0.39 is 0 Å². The molecule has 2 aromatic carbocycles. The average molecular weight is 470 g/mol. The molecule has 1 heterocycles. The molecule has 4 nitrogen and oxygen atoms in total. The van der Waals surface area contributed by atoms with Gasteiger partial charge in [0.2, 0.25) is 5.91 Å². The molecule has 0 unspecified atom stereocenters. The monoisotopic (exact) mass is 469 g/mol. The number of benzene rings is 2. The first kappa shape index (κ1) is 22.2. The van der Waals surface area contributed by atoms with E-state index in [4.69, 9.17) is 9.15 Å². The highest BCUT2D eigenvalue weighted by Gasteiger charge is 2.18. The molecular formula is C25H28BrNO3. The highest BCUT2D eigenvalue weighted by molar-refractivity contribution is 9.10. The lowest BCUT2D eigenvalue weighted by atomic mass is 9.96. The molecule has 0 aliphatic rings. The summed E-state index contributed by atoms with van der Waals surface area (Å²) in [7, 11) is 1.65. The molecule has 0 bridgehead atoms. The molecule has 1 N–H and O–H groups in total. The number of carbonyl (C=O) groups is 1. The summed E-state index contributed by atoms with van der Waals surface area (Å²) in [6.45, 7) is 6.76. The third kappa shape index (κ3) is 4.78. The Balaban J connectivity index is 2.02. The molecule has 0 aliphatic carbocycles. The Labute approximate surface area is 186 Å². The Kier molecular flexibility index (Phi) is 7.38. The summed E-state index contributed by atoms with van der Waals surface area (Å²) in [5.74, 6) is 0.646. The van der Waals surface area contributed by atoms with E-state index in [-0.39, 0.29) is 5.91 Å². The molecule has 1 amide bonds. The Morgan fingerprint density at radius 2 is 2.07 bits per heavy atom. The zero-order valence-corrected chi connectivity index (χ0v) is 19.6. The number of carbonyl (C=O) groups excluding carboxylic acids is 1. The molecule has 3 rings (SSSR count). The second-order valence-corrected chi connectivity index (χ2v) is 8.36. The minimum Gasteiger partial charge on any atom is -0.496 e. The minimum atomic E-state index is -0.0807. The first-order valence-corrected chi connectivity index (χ1v) is 11.1. The Morgan fingerprint density at radius 3 is 2.77 bits per heavy atom. The fourth-order valence-electron chi connectivity index (χ4n) is 3.66. The number of unbranched alkanes of at least 4 members (excludes halogenated alkanes) is 2. The van der Waals surface area contributed by atoms with Crippen molar-refractivity contribution in [3.8, 4) is 16.9 Å². The molecule has 0 saturated carbocycles. The van der Waals surface area contributed by atoms with E-state index >= 15 is 0 Å². The molecule has 0 saturated heterocycles. The van der Waals surface area contributed by atoms with Crippen LogP contribution in [0.3, 0.4) is 0 Å². The summed E-state index contributed by atoms with van der Waals surface area (Å²) < 4.78 is 12.6. The molecular weight excluding hydrogens is 442 g/mol. The van der Waals surface area contributed by atoms with E-state index in [1.807, 2.05) is 26.0 Å². The van der Waals surface area contributed by atoms with Gasteiger partial charge in [0.25, 0.3) is 0 Å². The van der Waals surface area contributed by atoms with Gasteiger partial charge in [0.1, 0.15) is 11.3 Å².